The highest BCUT2D eigenvalue weighted by Gasteiger charge is 2.39. The van der Waals surface area contributed by atoms with Crippen molar-refractivity contribution in [2.24, 2.45) is 7.05 Å². The fourth-order valence-electron chi connectivity index (χ4n) is 2.61. The lowest BCUT2D eigenvalue weighted by Gasteiger charge is -2.24. The number of methoxy groups -OCH3 is 1. The number of aryl methyl sites for hydroxylation is 2. The molecule has 24 heavy (non-hydrogen) atoms. The second-order valence-corrected chi connectivity index (χ2v) is 9.40. The van der Waals surface area contributed by atoms with Gasteiger partial charge < -0.3 is 9.30 Å². The molecule has 1 aliphatic rings. The van der Waals surface area contributed by atoms with E-state index in [1.807, 2.05) is 18.2 Å². The Morgan fingerprint density at radius 1 is 1.42 bits per heavy atom. The van der Waals surface area contributed by atoms with Crippen molar-refractivity contribution in [3.05, 3.63) is 40.3 Å². The third-order valence-corrected chi connectivity index (χ3v) is 7.57. The van der Waals surface area contributed by atoms with Gasteiger partial charge in [-0.1, -0.05) is 15.9 Å². The fraction of sp³-hybridized carbons (Fsp3) is 0.400. The van der Waals surface area contributed by atoms with Gasteiger partial charge in [0.25, 0.3) is 10.0 Å². The number of thioether (sulfide) groups is 1. The van der Waals surface area contributed by atoms with E-state index >= 15 is 0 Å². The molecule has 1 unspecified atom stereocenters. The summed E-state index contributed by atoms with van der Waals surface area (Å²) in [5.41, 5.74) is 0.839. The Labute approximate surface area is 154 Å². The van der Waals surface area contributed by atoms with E-state index in [-0.39, 0.29) is 10.4 Å². The van der Waals surface area contributed by atoms with E-state index in [9.17, 15) is 8.42 Å². The Morgan fingerprint density at radius 2 is 2.17 bits per heavy atom. The molecule has 2 aromatic rings. The quantitative estimate of drug-likeness (QED) is 0.744. The number of imidazole rings is 1. The Bertz CT molecular complexity index is 847. The van der Waals surface area contributed by atoms with Gasteiger partial charge in [0.05, 0.1) is 12.5 Å². The number of nitrogens with zero attached hydrogens (tertiary/aromatic N) is 3. The number of rotatable bonds is 4. The number of sulfonamides is 1. The average Bonchev–Trinajstić information content (AvgIpc) is 3.15. The lowest BCUT2D eigenvalue weighted by Crippen LogP contribution is -2.31. The van der Waals surface area contributed by atoms with E-state index < -0.39 is 10.0 Å². The van der Waals surface area contributed by atoms with Crippen LogP contribution >= 0.6 is 27.7 Å². The fourth-order valence-corrected chi connectivity index (χ4v) is 6.27. The van der Waals surface area contributed by atoms with Crippen LogP contribution in [-0.2, 0) is 17.1 Å². The summed E-state index contributed by atoms with van der Waals surface area (Å²) in [6.45, 7) is 2.23. The van der Waals surface area contributed by atoms with E-state index in [4.69, 9.17) is 4.74 Å². The van der Waals surface area contributed by atoms with Gasteiger partial charge in [0.15, 0.2) is 5.03 Å². The van der Waals surface area contributed by atoms with Crippen molar-refractivity contribution in [2.75, 3.05) is 19.4 Å². The topological polar surface area (TPSA) is 64.4 Å². The second-order valence-electron chi connectivity index (χ2n) is 5.46. The summed E-state index contributed by atoms with van der Waals surface area (Å²) >= 11 is 5.04. The lowest BCUT2D eigenvalue weighted by atomic mass is 10.2. The van der Waals surface area contributed by atoms with Crippen LogP contribution in [-0.4, -0.2) is 41.7 Å². The lowest BCUT2D eigenvalue weighted by molar-refractivity contribution is 0.389. The molecule has 1 aromatic heterocycles. The Morgan fingerprint density at radius 3 is 2.79 bits per heavy atom. The maximum atomic E-state index is 13.1. The van der Waals surface area contributed by atoms with Crippen LogP contribution in [0.4, 0.5) is 0 Å². The molecule has 1 saturated heterocycles. The first-order valence-corrected chi connectivity index (χ1v) is 10.6. The zero-order valence-corrected chi connectivity index (χ0v) is 16.8. The molecule has 0 saturated carbocycles. The monoisotopic (exact) mass is 431 g/mol. The highest BCUT2D eigenvalue weighted by molar-refractivity contribution is 9.10. The summed E-state index contributed by atoms with van der Waals surface area (Å²) in [7, 11) is -0.289. The number of halogens is 1. The predicted octanol–water partition coefficient (Wildman–Crippen LogP) is 2.94. The van der Waals surface area contributed by atoms with Crippen molar-refractivity contribution in [1.29, 1.82) is 0 Å². The van der Waals surface area contributed by atoms with Crippen LogP contribution in [0.15, 0.2) is 33.9 Å². The highest BCUT2D eigenvalue weighted by atomic mass is 79.9. The van der Waals surface area contributed by atoms with Gasteiger partial charge in [-0.05, 0) is 25.1 Å². The summed E-state index contributed by atoms with van der Waals surface area (Å²) in [5.74, 6) is 2.07. The van der Waals surface area contributed by atoms with Crippen LogP contribution in [0.2, 0.25) is 0 Å². The smallest absolute Gasteiger partial charge is 0.263 e. The summed E-state index contributed by atoms with van der Waals surface area (Å²) < 4.78 is 35.6. The number of benzene rings is 1. The van der Waals surface area contributed by atoms with Crippen LogP contribution in [0.3, 0.4) is 0 Å². The molecule has 0 amide bonds. The van der Waals surface area contributed by atoms with E-state index in [1.54, 1.807) is 43.6 Å². The molecule has 9 heteroatoms. The van der Waals surface area contributed by atoms with Gasteiger partial charge in [0, 0.05) is 35.6 Å². The molecule has 1 atom stereocenters. The van der Waals surface area contributed by atoms with Crippen LogP contribution in [0.5, 0.6) is 5.75 Å². The second kappa shape index (κ2) is 6.70. The predicted molar refractivity (Wildman–Crippen MR) is 97.7 cm³/mol. The molecule has 0 N–H and O–H groups in total. The van der Waals surface area contributed by atoms with Crippen molar-refractivity contribution < 1.29 is 13.2 Å². The molecule has 1 aromatic carbocycles. The van der Waals surface area contributed by atoms with Crippen molar-refractivity contribution in [3.63, 3.8) is 0 Å². The Hall–Kier alpha value is -1.03. The van der Waals surface area contributed by atoms with Gasteiger partial charge in [0.2, 0.25) is 0 Å². The molecule has 1 aliphatic heterocycles. The molecule has 0 radical (unpaired) electrons. The van der Waals surface area contributed by atoms with Crippen molar-refractivity contribution in [3.8, 4) is 5.75 Å². The molecule has 130 valence electrons. The third-order valence-electron chi connectivity index (χ3n) is 3.97. The molecular weight excluding hydrogens is 414 g/mol. The van der Waals surface area contributed by atoms with Gasteiger partial charge in [-0.2, -0.15) is 4.31 Å². The van der Waals surface area contributed by atoms with E-state index in [2.05, 4.69) is 20.9 Å². The van der Waals surface area contributed by atoms with Gasteiger partial charge in [-0.25, -0.2) is 13.4 Å². The molecule has 0 spiro atoms. The highest BCUT2D eigenvalue weighted by Crippen LogP contribution is 2.45. The first-order chi connectivity index (χ1) is 11.3. The summed E-state index contributed by atoms with van der Waals surface area (Å²) in [6, 6.07) is 5.63. The SMILES string of the molecule is COc1ccc(Br)cc1C1SCCN1S(=O)(=O)c1cn(C)c(C)n1. The molecule has 0 bridgehead atoms. The minimum absolute atomic E-state index is 0.0870. The van der Waals surface area contributed by atoms with Gasteiger partial charge in [-0.15, -0.1) is 11.8 Å². The summed E-state index contributed by atoms with van der Waals surface area (Å²) in [6.07, 6.45) is 1.56. The van der Waals surface area contributed by atoms with E-state index in [0.717, 1.165) is 15.8 Å². The minimum Gasteiger partial charge on any atom is -0.496 e. The zero-order valence-electron chi connectivity index (χ0n) is 13.6. The largest absolute Gasteiger partial charge is 0.496 e. The molecule has 2 heterocycles. The number of hydrogen-bond acceptors (Lipinski definition) is 5. The maximum Gasteiger partial charge on any atom is 0.263 e. The van der Waals surface area contributed by atoms with Gasteiger partial charge in [0.1, 0.15) is 11.6 Å². The zero-order chi connectivity index (χ0) is 17.5. The van der Waals surface area contributed by atoms with Gasteiger partial charge in [-0.3, -0.25) is 0 Å². The van der Waals surface area contributed by atoms with Crippen LogP contribution in [0, 0.1) is 6.92 Å². The van der Waals surface area contributed by atoms with Crippen molar-refractivity contribution >= 4 is 37.7 Å². The number of ether oxygens (including phenoxy) is 1. The van der Waals surface area contributed by atoms with Gasteiger partial charge >= 0.3 is 0 Å². The van der Waals surface area contributed by atoms with Crippen molar-refractivity contribution in [1.82, 2.24) is 13.9 Å². The average molecular weight is 432 g/mol. The first kappa shape index (κ1) is 17.8. The molecule has 3 rings (SSSR count). The molecule has 0 aliphatic carbocycles. The molecule has 1 fully saturated rings. The molecular formula is C15H18BrN3O3S2. The normalized spacial score (nSPS) is 18.9. The Kier molecular flexibility index (Phi) is 4.96. The Balaban J connectivity index is 2.03. The number of hydrogen-bond donors (Lipinski definition) is 0. The summed E-state index contributed by atoms with van der Waals surface area (Å²) in [5, 5.41) is -0.242. The summed E-state index contributed by atoms with van der Waals surface area (Å²) in [4.78, 5) is 4.20. The van der Waals surface area contributed by atoms with E-state index in [0.29, 0.717) is 18.1 Å². The standard InChI is InChI=1S/C15H18BrN3O3S2/c1-10-17-14(9-18(10)2)24(20,21)19-6-7-23-15(19)12-8-11(16)4-5-13(12)22-3/h4-5,8-9,15H,6-7H2,1-3H3. The number of aromatic nitrogens is 2. The van der Waals surface area contributed by atoms with Crippen molar-refractivity contribution in [2.45, 2.75) is 17.3 Å². The minimum atomic E-state index is -3.67. The first-order valence-electron chi connectivity index (χ1n) is 7.31. The van der Waals surface area contributed by atoms with Crippen LogP contribution in [0.1, 0.15) is 16.8 Å². The molecule has 6 nitrogen and oxygen atoms in total. The van der Waals surface area contributed by atoms with Crippen LogP contribution < -0.4 is 4.74 Å². The van der Waals surface area contributed by atoms with E-state index in [1.165, 1.54) is 4.31 Å². The maximum absolute atomic E-state index is 13.1. The van der Waals surface area contributed by atoms with Crippen LogP contribution in [0.25, 0.3) is 0 Å². The third kappa shape index (κ3) is 3.10.